The first-order chi connectivity index (χ1) is 13.2. The van der Waals surface area contributed by atoms with Crippen molar-refractivity contribution >= 4 is 5.91 Å². The molecule has 0 saturated carbocycles. The predicted molar refractivity (Wildman–Crippen MR) is 93.5 cm³/mol. The number of carbonyl (C=O) groups excluding carboxylic acids is 1. The molecule has 1 aliphatic heterocycles. The Bertz CT molecular complexity index is 931. The average molecular weight is 367 g/mol. The molecule has 0 bridgehead atoms. The van der Waals surface area contributed by atoms with Gasteiger partial charge in [-0.1, -0.05) is 5.16 Å². The summed E-state index contributed by atoms with van der Waals surface area (Å²) in [6, 6.07) is 5.11. The van der Waals surface area contributed by atoms with Gasteiger partial charge in [-0.05, 0) is 12.1 Å². The van der Waals surface area contributed by atoms with Gasteiger partial charge in [0.2, 0.25) is 11.7 Å². The van der Waals surface area contributed by atoms with Crippen LogP contribution in [-0.4, -0.2) is 58.2 Å². The average Bonchev–Trinajstić information content (AvgIpc) is 3.16. The Morgan fingerprint density at radius 3 is 2.52 bits per heavy atom. The van der Waals surface area contributed by atoms with Crippen LogP contribution in [0.15, 0.2) is 41.3 Å². The van der Waals surface area contributed by atoms with Gasteiger partial charge in [-0.3, -0.25) is 9.78 Å². The number of rotatable bonds is 5. The molecule has 0 atom stereocenters. The monoisotopic (exact) mass is 367 g/mol. The van der Waals surface area contributed by atoms with Crippen molar-refractivity contribution in [3.05, 3.63) is 48.2 Å². The lowest BCUT2D eigenvalue weighted by Gasteiger charge is -2.37. The summed E-state index contributed by atoms with van der Waals surface area (Å²) in [5.41, 5.74) is 1.05. The van der Waals surface area contributed by atoms with Crippen LogP contribution in [0, 0.1) is 0 Å². The summed E-state index contributed by atoms with van der Waals surface area (Å²) in [6.07, 6.45) is 4.71. The molecule has 1 fully saturated rings. The van der Waals surface area contributed by atoms with Gasteiger partial charge in [-0.15, -0.1) is 0 Å². The number of likely N-dealkylation sites (tertiary alicyclic amines) is 1. The van der Waals surface area contributed by atoms with Gasteiger partial charge in [0.15, 0.2) is 0 Å². The maximum Gasteiger partial charge on any atom is 0.254 e. The Labute approximate surface area is 155 Å². The fourth-order valence-electron chi connectivity index (χ4n) is 2.83. The molecule has 1 aliphatic rings. The smallest absolute Gasteiger partial charge is 0.254 e. The summed E-state index contributed by atoms with van der Waals surface area (Å²) in [5.74, 6) is 1.92. The van der Waals surface area contributed by atoms with Crippen molar-refractivity contribution in [2.45, 2.75) is 5.92 Å². The minimum Gasteiger partial charge on any atom is -0.497 e. The summed E-state index contributed by atoms with van der Waals surface area (Å²) in [5, 5.41) is 3.94. The van der Waals surface area contributed by atoms with Crippen molar-refractivity contribution in [3.63, 3.8) is 0 Å². The Hall–Kier alpha value is -3.49. The molecule has 1 amide bonds. The number of ether oxygens (including phenoxy) is 2. The van der Waals surface area contributed by atoms with Gasteiger partial charge in [0.1, 0.15) is 17.2 Å². The minimum atomic E-state index is -0.0999. The van der Waals surface area contributed by atoms with E-state index < -0.39 is 0 Å². The van der Waals surface area contributed by atoms with Gasteiger partial charge in [-0.2, -0.15) is 4.98 Å². The summed E-state index contributed by atoms with van der Waals surface area (Å²) < 4.78 is 15.8. The van der Waals surface area contributed by atoms with Crippen LogP contribution < -0.4 is 9.47 Å². The SMILES string of the molecule is COc1cc(OC)cc(C(=O)N2CC(c3nc(-c4cnccn4)no3)C2)c1. The fraction of sp³-hybridized carbons (Fsp3) is 0.278. The molecule has 9 nitrogen and oxygen atoms in total. The molecule has 1 aromatic carbocycles. The quantitative estimate of drug-likeness (QED) is 0.672. The summed E-state index contributed by atoms with van der Waals surface area (Å²) in [4.78, 5) is 26.9. The molecule has 0 aliphatic carbocycles. The van der Waals surface area contributed by atoms with Gasteiger partial charge in [0.05, 0.1) is 26.3 Å². The Kier molecular flexibility index (Phi) is 4.41. The molecule has 0 spiro atoms. The zero-order valence-corrected chi connectivity index (χ0v) is 14.8. The van der Waals surface area contributed by atoms with E-state index in [1.807, 2.05) is 0 Å². The van der Waals surface area contributed by atoms with Gasteiger partial charge >= 0.3 is 0 Å². The lowest BCUT2D eigenvalue weighted by Crippen LogP contribution is -2.48. The fourth-order valence-corrected chi connectivity index (χ4v) is 2.83. The maximum atomic E-state index is 12.7. The molecule has 2 aromatic heterocycles. The van der Waals surface area contributed by atoms with Crippen LogP contribution in [0.3, 0.4) is 0 Å². The van der Waals surface area contributed by atoms with E-state index in [4.69, 9.17) is 14.0 Å². The van der Waals surface area contributed by atoms with E-state index in [-0.39, 0.29) is 11.8 Å². The topological polar surface area (TPSA) is 103 Å². The van der Waals surface area contributed by atoms with Gasteiger partial charge < -0.3 is 18.9 Å². The van der Waals surface area contributed by atoms with Crippen LogP contribution in [0.5, 0.6) is 11.5 Å². The molecule has 0 radical (unpaired) electrons. The highest BCUT2D eigenvalue weighted by Crippen LogP contribution is 2.30. The Morgan fingerprint density at radius 2 is 1.89 bits per heavy atom. The summed E-state index contributed by atoms with van der Waals surface area (Å²) in [6.45, 7) is 1.00. The highest BCUT2D eigenvalue weighted by atomic mass is 16.5. The Morgan fingerprint density at radius 1 is 1.15 bits per heavy atom. The third kappa shape index (κ3) is 3.31. The van der Waals surface area contributed by atoms with Crippen LogP contribution in [0.2, 0.25) is 0 Å². The van der Waals surface area contributed by atoms with Crippen LogP contribution in [0.25, 0.3) is 11.5 Å². The number of carbonyl (C=O) groups is 1. The highest BCUT2D eigenvalue weighted by Gasteiger charge is 2.36. The van der Waals surface area contributed by atoms with E-state index in [0.29, 0.717) is 47.6 Å². The van der Waals surface area contributed by atoms with Crippen LogP contribution >= 0.6 is 0 Å². The minimum absolute atomic E-state index is 0.000579. The number of hydrogen-bond donors (Lipinski definition) is 0. The van der Waals surface area contributed by atoms with Gasteiger partial charge in [-0.25, -0.2) is 4.98 Å². The zero-order valence-electron chi connectivity index (χ0n) is 14.8. The largest absolute Gasteiger partial charge is 0.497 e. The molecule has 4 rings (SSSR count). The third-order valence-electron chi connectivity index (χ3n) is 4.35. The van der Waals surface area contributed by atoms with Crippen LogP contribution in [0.1, 0.15) is 22.2 Å². The number of nitrogens with zero attached hydrogens (tertiary/aromatic N) is 5. The molecule has 3 aromatic rings. The van der Waals surface area contributed by atoms with Crippen molar-refractivity contribution < 1.29 is 18.8 Å². The van der Waals surface area contributed by atoms with Gasteiger partial charge in [0.25, 0.3) is 5.91 Å². The second-order valence-electron chi connectivity index (χ2n) is 6.06. The molecular formula is C18H17N5O4. The van der Waals surface area contributed by atoms with E-state index in [0.717, 1.165) is 0 Å². The van der Waals surface area contributed by atoms with Crippen LogP contribution in [-0.2, 0) is 0 Å². The molecule has 0 N–H and O–H groups in total. The summed E-state index contributed by atoms with van der Waals surface area (Å²) >= 11 is 0. The molecule has 9 heteroatoms. The van der Waals surface area contributed by atoms with E-state index in [9.17, 15) is 4.79 Å². The van der Waals surface area contributed by atoms with Crippen LogP contribution in [0.4, 0.5) is 0 Å². The molecule has 1 saturated heterocycles. The second-order valence-corrected chi connectivity index (χ2v) is 6.06. The summed E-state index contributed by atoms with van der Waals surface area (Å²) in [7, 11) is 3.10. The van der Waals surface area contributed by atoms with E-state index in [2.05, 4.69) is 20.1 Å². The number of methoxy groups -OCH3 is 2. The molecule has 138 valence electrons. The Balaban J connectivity index is 1.44. The second kappa shape index (κ2) is 7.02. The lowest BCUT2D eigenvalue weighted by atomic mass is 9.98. The third-order valence-corrected chi connectivity index (χ3v) is 4.35. The maximum absolute atomic E-state index is 12.7. The lowest BCUT2D eigenvalue weighted by molar-refractivity contribution is 0.0568. The normalized spacial score (nSPS) is 13.9. The zero-order chi connectivity index (χ0) is 18.8. The van der Waals surface area contributed by atoms with Crippen molar-refractivity contribution in [1.29, 1.82) is 0 Å². The first-order valence-electron chi connectivity index (χ1n) is 8.30. The van der Waals surface area contributed by atoms with E-state index in [1.165, 1.54) is 0 Å². The van der Waals surface area contributed by atoms with E-state index in [1.54, 1.807) is 55.9 Å². The molecule has 3 heterocycles. The number of aromatic nitrogens is 4. The predicted octanol–water partition coefficient (Wildman–Crippen LogP) is 1.78. The first kappa shape index (κ1) is 17.0. The molecular weight excluding hydrogens is 350 g/mol. The molecule has 0 unspecified atom stereocenters. The highest BCUT2D eigenvalue weighted by molar-refractivity contribution is 5.95. The standard InChI is InChI=1S/C18H17N5O4/c1-25-13-5-11(6-14(7-13)26-2)18(24)23-9-12(10-23)17-21-16(22-27-17)15-8-19-3-4-20-15/h3-8,12H,9-10H2,1-2H3. The number of hydrogen-bond acceptors (Lipinski definition) is 8. The first-order valence-corrected chi connectivity index (χ1v) is 8.30. The van der Waals surface area contributed by atoms with Crippen molar-refractivity contribution in [2.75, 3.05) is 27.3 Å². The van der Waals surface area contributed by atoms with Gasteiger partial charge in [0, 0.05) is 37.1 Å². The number of amides is 1. The van der Waals surface area contributed by atoms with E-state index >= 15 is 0 Å². The van der Waals surface area contributed by atoms with Crippen molar-refractivity contribution in [3.8, 4) is 23.0 Å². The van der Waals surface area contributed by atoms with Crippen molar-refractivity contribution in [1.82, 2.24) is 25.0 Å². The van der Waals surface area contributed by atoms with Crippen molar-refractivity contribution in [2.24, 2.45) is 0 Å². The molecule has 27 heavy (non-hydrogen) atoms. The number of benzene rings is 1.